The van der Waals surface area contributed by atoms with Gasteiger partial charge < -0.3 is 62.7 Å². The molecular formula is C66H76N10O8. The van der Waals surface area contributed by atoms with Gasteiger partial charge in [-0.15, -0.1) is 0 Å². The number of amides is 4. The number of aromatic nitrogens is 2. The number of fused-ring (bicyclic) bond motifs is 3. The molecule has 0 unspecified atom stereocenters. The van der Waals surface area contributed by atoms with Crippen LogP contribution < -0.4 is 62.7 Å². The number of hydrogen-bond donors (Lipinski definition) is 8. The van der Waals surface area contributed by atoms with Crippen LogP contribution in [0.5, 0.6) is 23.0 Å². The lowest BCUT2D eigenvalue weighted by atomic mass is 9.95. The van der Waals surface area contributed by atoms with Gasteiger partial charge in [0.25, 0.3) is 11.8 Å². The van der Waals surface area contributed by atoms with Crippen molar-refractivity contribution in [1.29, 1.82) is 0 Å². The van der Waals surface area contributed by atoms with Gasteiger partial charge >= 0.3 is 0 Å². The van der Waals surface area contributed by atoms with Gasteiger partial charge in [0.05, 0.1) is 72.0 Å². The highest BCUT2D eigenvalue weighted by Crippen LogP contribution is 2.40. The fourth-order valence-electron chi connectivity index (χ4n) is 10.4. The molecule has 2 aromatic heterocycles. The number of primary amides is 2. The van der Waals surface area contributed by atoms with E-state index in [9.17, 15) is 19.2 Å². The molecule has 18 nitrogen and oxygen atoms in total. The average Bonchev–Trinajstić information content (AvgIpc) is 2.27. The number of rotatable bonds is 25. The molecule has 0 fully saturated rings. The minimum Gasteiger partial charge on any atom is -0.490 e. The Morgan fingerprint density at radius 1 is 0.583 bits per heavy atom. The number of nitrogens with one attached hydrogen (secondary N) is 5. The third-order valence-corrected chi connectivity index (χ3v) is 14.6. The normalized spacial score (nSPS) is 12.9. The van der Waals surface area contributed by atoms with E-state index in [1.807, 2.05) is 132 Å². The summed E-state index contributed by atoms with van der Waals surface area (Å²) in [5.41, 5.74) is 29.7. The summed E-state index contributed by atoms with van der Waals surface area (Å²) in [6.45, 7) is 14.9. The molecule has 0 bridgehead atoms. The average molecular weight is 1140 g/mol. The minimum absolute atomic E-state index is 0.0328. The summed E-state index contributed by atoms with van der Waals surface area (Å²) in [6.07, 6.45) is 6.28. The summed E-state index contributed by atoms with van der Waals surface area (Å²) in [7, 11) is 0. The van der Waals surface area contributed by atoms with Crippen LogP contribution >= 0.6 is 0 Å². The maximum Gasteiger partial charge on any atom is 0.252 e. The number of carbonyl (C=O) groups is 4. The topological polar surface area (TPSA) is 269 Å². The van der Waals surface area contributed by atoms with Crippen molar-refractivity contribution in [3.63, 3.8) is 0 Å². The first kappa shape index (κ1) is 60.8. The highest BCUT2D eigenvalue weighted by Gasteiger charge is 2.25. The summed E-state index contributed by atoms with van der Waals surface area (Å²) < 4.78 is 23.2. The zero-order valence-electron chi connectivity index (χ0n) is 48.7. The van der Waals surface area contributed by atoms with Crippen LogP contribution in [0.15, 0.2) is 128 Å². The number of aryl methyl sites for hydroxylation is 1. The van der Waals surface area contributed by atoms with Gasteiger partial charge in [-0.1, -0.05) is 92.7 Å². The predicted octanol–water partition coefficient (Wildman–Crippen LogP) is 9.78. The second-order valence-electron chi connectivity index (χ2n) is 20.0. The molecule has 3 heterocycles. The maximum absolute atomic E-state index is 13.1. The van der Waals surface area contributed by atoms with Gasteiger partial charge in [0.1, 0.15) is 0 Å². The van der Waals surface area contributed by atoms with Crippen molar-refractivity contribution < 1.29 is 38.1 Å². The third kappa shape index (κ3) is 14.7. The lowest BCUT2D eigenvalue weighted by Gasteiger charge is -2.25. The number of carbonyl (C=O) groups excluding carboxylic acids is 4. The summed E-state index contributed by atoms with van der Waals surface area (Å²) in [5.74, 6) is 0.835. The third-order valence-electron chi connectivity index (χ3n) is 14.6. The van der Waals surface area contributed by atoms with E-state index in [1.165, 1.54) is 23.5 Å². The van der Waals surface area contributed by atoms with E-state index >= 15 is 0 Å². The second kappa shape index (κ2) is 29.1. The van der Waals surface area contributed by atoms with E-state index in [4.69, 9.17) is 36.1 Å². The Bertz CT molecular complexity index is 3630. The van der Waals surface area contributed by atoms with E-state index in [1.54, 1.807) is 6.07 Å². The molecule has 9 rings (SSSR count). The van der Waals surface area contributed by atoms with Crippen LogP contribution in [0.1, 0.15) is 108 Å². The van der Waals surface area contributed by atoms with Gasteiger partial charge in [-0.05, 0) is 123 Å². The minimum atomic E-state index is -0.612. The van der Waals surface area contributed by atoms with Crippen LogP contribution in [0, 0.1) is 0 Å². The number of pyridine rings is 2. The molecule has 0 saturated heterocycles. The lowest BCUT2D eigenvalue weighted by molar-refractivity contribution is -0.123. The van der Waals surface area contributed by atoms with Crippen LogP contribution in [0.4, 0.5) is 22.7 Å². The summed E-state index contributed by atoms with van der Waals surface area (Å²) in [5, 5.41) is 17.7. The number of nitrogens with two attached hydrogens (primary N) is 3. The monoisotopic (exact) mass is 1140 g/mol. The highest BCUT2D eigenvalue weighted by molar-refractivity contribution is 6.09. The van der Waals surface area contributed by atoms with Crippen LogP contribution in [-0.2, 0) is 54.9 Å². The number of hydrogen-bond acceptors (Lipinski definition) is 14. The Morgan fingerprint density at radius 2 is 1.05 bits per heavy atom. The van der Waals surface area contributed by atoms with E-state index in [0.717, 1.165) is 45.6 Å². The molecule has 84 heavy (non-hydrogen) atoms. The van der Waals surface area contributed by atoms with Crippen LogP contribution in [0.25, 0.3) is 21.8 Å². The van der Waals surface area contributed by atoms with Crippen molar-refractivity contribution in [2.24, 2.45) is 17.2 Å². The van der Waals surface area contributed by atoms with Gasteiger partial charge in [-0.2, -0.15) is 0 Å². The molecule has 4 amide bonds. The molecule has 2 atom stereocenters. The predicted molar refractivity (Wildman–Crippen MR) is 331 cm³/mol. The van der Waals surface area contributed by atoms with Gasteiger partial charge in [0, 0.05) is 66.3 Å². The molecule has 18 heteroatoms. The molecule has 1 aliphatic rings. The first-order valence-corrected chi connectivity index (χ1v) is 28.7. The zero-order chi connectivity index (χ0) is 59.7. The fourth-order valence-corrected chi connectivity index (χ4v) is 10.4. The molecule has 11 N–H and O–H groups in total. The Kier molecular flexibility index (Phi) is 21.1. The van der Waals surface area contributed by atoms with E-state index in [2.05, 4.69) is 55.6 Å². The molecule has 0 spiro atoms. The van der Waals surface area contributed by atoms with Crippen molar-refractivity contribution in [3.8, 4) is 23.0 Å². The molecule has 0 saturated carbocycles. The summed E-state index contributed by atoms with van der Waals surface area (Å²) >= 11 is 0. The largest absolute Gasteiger partial charge is 0.490 e. The van der Waals surface area contributed by atoms with Crippen LogP contribution in [-0.4, -0.2) is 72.1 Å². The van der Waals surface area contributed by atoms with Crippen LogP contribution in [0.3, 0.4) is 0 Å². The smallest absolute Gasteiger partial charge is 0.252 e. The van der Waals surface area contributed by atoms with Gasteiger partial charge in [-0.3, -0.25) is 29.1 Å². The number of benzene rings is 6. The molecule has 8 aromatic rings. The van der Waals surface area contributed by atoms with E-state index in [-0.39, 0.29) is 29.0 Å². The highest BCUT2D eigenvalue weighted by atomic mass is 16.5. The van der Waals surface area contributed by atoms with Crippen LogP contribution in [0.2, 0.25) is 0 Å². The van der Waals surface area contributed by atoms with Gasteiger partial charge in [0.2, 0.25) is 11.8 Å². The van der Waals surface area contributed by atoms with Crippen molar-refractivity contribution in [3.05, 3.63) is 178 Å². The first-order chi connectivity index (χ1) is 40.8. The Hall–Kier alpha value is -9.26. The number of anilines is 4. The zero-order valence-corrected chi connectivity index (χ0v) is 48.7. The lowest BCUT2D eigenvalue weighted by Crippen LogP contribution is -2.47. The van der Waals surface area contributed by atoms with Gasteiger partial charge in [0.15, 0.2) is 23.0 Å². The van der Waals surface area contributed by atoms with Crippen molar-refractivity contribution in [2.75, 3.05) is 37.1 Å². The molecular weight excluding hydrogens is 1060 g/mol. The molecule has 0 aliphatic carbocycles. The quantitative estimate of drug-likeness (QED) is 0.0265. The van der Waals surface area contributed by atoms with Crippen molar-refractivity contribution in [2.45, 2.75) is 105 Å². The van der Waals surface area contributed by atoms with E-state index < -0.39 is 17.9 Å². The number of ether oxygens (including phenoxy) is 4. The molecule has 438 valence electrons. The Morgan fingerprint density at radius 3 is 1.52 bits per heavy atom. The maximum atomic E-state index is 13.1. The standard InChI is InChI=1S/C33H37N5O4.C33H39N5O4/c1-4-23-22(18-37-33(40)28-14-20-10-7-8-11-21(20)17-35-28)12-9-13-26(23)38-31-24-15-29(41-5-2)30(42-6-3)16-27(24)36-19-25(31)32(34)39;1-4-23-22(19-37-33(40)26(34)16-15-21-11-8-7-9-12-21)13-10-14-27(23)38-31-24-17-29(41-5-2)30(42-6-3)18-28(24)36-20-25(31)32(35)39/h7-13,15-16,19,28,35H,4-6,14,17-18H2,1-3H3,(H2,34,39)(H,36,38)(H,37,40);7-14,17-18,20,26H,4-6,15-16,19,34H2,1-3H3,(H2,35,39)(H,36,38)(H,37,40)/t28-;26-/m11/s1. The summed E-state index contributed by atoms with van der Waals surface area (Å²) in [6, 6.07) is 36.3. The Balaban J connectivity index is 0.000000219. The van der Waals surface area contributed by atoms with E-state index in [0.29, 0.717) is 128 Å². The van der Waals surface area contributed by atoms with Crippen molar-refractivity contribution in [1.82, 2.24) is 25.9 Å². The van der Waals surface area contributed by atoms with Crippen molar-refractivity contribution >= 4 is 68.2 Å². The first-order valence-electron chi connectivity index (χ1n) is 28.7. The Labute approximate surface area is 490 Å². The fraction of sp³-hybridized carbons (Fsp3) is 0.303. The molecule has 0 radical (unpaired) electrons. The molecule has 1 aliphatic heterocycles. The SMILES string of the molecule is CCOc1cc2ncc(C(N)=O)c(Nc3cccc(CNC(=O)[C@H](N)CCc4ccccc4)c3CC)c2cc1OCC.CCOc1cc2ncc(C(N)=O)c(Nc3cccc(CNC(=O)[C@H]4Cc5ccccc5CN4)c3CC)c2cc1OCC. The van der Waals surface area contributed by atoms with Gasteiger partial charge in [-0.25, -0.2) is 0 Å². The second-order valence-corrected chi connectivity index (χ2v) is 20.0. The molecule has 6 aromatic carbocycles. The summed E-state index contributed by atoms with van der Waals surface area (Å²) in [4.78, 5) is 59.8. The number of nitrogens with zero attached hydrogens (tertiary/aromatic N) is 2.